The normalized spacial score (nSPS) is 9.90. The van der Waals surface area contributed by atoms with Crippen molar-refractivity contribution in [2.24, 2.45) is 0 Å². The van der Waals surface area contributed by atoms with Crippen molar-refractivity contribution in [1.82, 2.24) is 0 Å². The van der Waals surface area contributed by atoms with E-state index in [9.17, 15) is 0 Å². The van der Waals surface area contributed by atoms with E-state index in [4.69, 9.17) is 10.00 Å². The zero-order valence-electron chi connectivity index (χ0n) is 11.8. The van der Waals surface area contributed by atoms with Crippen LogP contribution in [0.3, 0.4) is 0 Å². The Kier molecular flexibility index (Phi) is 5.64. The van der Waals surface area contributed by atoms with Gasteiger partial charge in [-0.2, -0.15) is 5.26 Å². The van der Waals surface area contributed by atoms with Crippen molar-refractivity contribution in [2.75, 3.05) is 6.61 Å². The summed E-state index contributed by atoms with van der Waals surface area (Å²) in [5, 5.41) is 8.76. The van der Waals surface area contributed by atoms with Gasteiger partial charge in [-0.15, -0.1) is 11.3 Å². The highest BCUT2D eigenvalue weighted by atomic mass is 32.1. The molecule has 1 heterocycles. The van der Waals surface area contributed by atoms with Crippen LogP contribution in [0.5, 0.6) is 5.75 Å². The first-order chi connectivity index (χ1) is 10.3. The number of hydrogen-bond acceptors (Lipinski definition) is 3. The maximum atomic E-state index is 8.76. The molecule has 0 fully saturated rings. The van der Waals surface area contributed by atoms with Gasteiger partial charge >= 0.3 is 0 Å². The molecule has 0 aliphatic rings. The first-order valence-electron chi connectivity index (χ1n) is 6.71. The predicted octanol–water partition coefficient (Wildman–Crippen LogP) is 4.36. The molecular formula is C18H15NOS. The van der Waals surface area contributed by atoms with Gasteiger partial charge in [-0.3, -0.25) is 0 Å². The summed E-state index contributed by atoms with van der Waals surface area (Å²) in [5.74, 6) is 6.98. The zero-order chi connectivity index (χ0) is 14.9. The summed E-state index contributed by atoms with van der Waals surface area (Å²) in [4.78, 5) is 1.58. The van der Waals surface area contributed by atoms with Gasteiger partial charge < -0.3 is 4.74 Å². The molecule has 1 aromatic heterocycles. The lowest BCUT2D eigenvalue weighted by atomic mass is 10.2. The van der Waals surface area contributed by atoms with Gasteiger partial charge in [0.05, 0.1) is 4.88 Å². The molecule has 1 aromatic carbocycles. The molecule has 0 bridgehead atoms. The minimum atomic E-state index is 0.588. The third kappa shape index (κ3) is 4.84. The molecule has 0 aliphatic carbocycles. The molecule has 3 heteroatoms. The van der Waals surface area contributed by atoms with E-state index in [0.29, 0.717) is 11.5 Å². The first kappa shape index (κ1) is 14.9. The lowest BCUT2D eigenvalue weighted by Gasteiger charge is -2.02. The van der Waals surface area contributed by atoms with Crippen molar-refractivity contribution >= 4 is 11.3 Å². The molecule has 0 atom stereocenters. The van der Waals surface area contributed by atoms with Gasteiger partial charge in [0.2, 0.25) is 0 Å². The quantitative estimate of drug-likeness (QED) is 0.619. The summed E-state index contributed by atoms with van der Waals surface area (Å²) in [5.41, 5.74) is 0.929. The first-order valence-corrected chi connectivity index (χ1v) is 7.53. The second-order valence-corrected chi connectivity index (χ2v) is 5.32. The molecule has 0 N–H and O–H groups in total. The fraction of sp³-hybridized carbons (Fsp3) is 0.167. The standard InChI is InChI=1S/C18H15NOS/c1-2-3-4-13-20-16-8-5-15(6-9-16)7-10-17-11-12-18(14-19)21-17/h3-6,8-9,11-12H,2,13H2,1H3/b4-3+. The largest absolute Gasteiger partial charge is 0.490 e. The summed E-state index contributed by atoms with van der Waals surface area (Å²) in [6, 6.07) is 13.5. The van der Waals surface area contributed by atoms with Crippen LogP contribution in [0.1, 0.15) is 28.7 Å². The average molecular weight is 293 g/mol. The number of allylic oxidation sites excluding steroid dienone is 1. The molecule has 0 saturated carbocycles. The van der Waals surface area contributed by atoms with Crippen molar-refractivity contribution in [3.05, 3.63) is 63.9 Å². The number of hydrogen-bond donors (Lipinski definition) is 0. The Morgan fingerprint density at radius 1 is 1.05 bits per heavy atom. The predicted molar refractivity (Wildman–Crippen MR) is 86.4 cm³/mol. The second kappa shape index (κ2) is 7.94. The van der Waals surface area contributed by atoms with Crippen molar-refractivity contribution in [3.8, 4) is 23.7 Å². The van der Waals surface area contributed by atoms with Crippen LogP contribution in [0.2, 0.25) is 0 Å². The Morgan fingerprint density at radius 3 is 2.48 bits per heavy atom. The summed E-state index contributed by atoms with van der Waals surface area (Å²) >= 11 is 1.40. The van der Waals surface area contributed by atoms with E-state index in [2.05, 4.69) is 30.9 Å². The Hall–Kier alpha value is -2.49. The molecule has 0 aliphatic heterocycles. The highest BCUT2D eigenvalue weighted by Crippen LogP contribution is 2.15. The van der Waals surface area contributed by atoms with Gasteiger partial charge in [-0.05, 0) is 42.8 Å². The minimum absolute atomic E-state index is 0.588. The molecular weight excluding hydrogens is 278 g/mol. The van der Waals surface area contributed by atoms with Crippen molar-refractivity contribution in [2.45, 2.75) is 13.3 Å². The van der Waals surface area contributed by atoms with Gasteiger partial charge in [0, 0.05) is 5.56 Å². The van der Waals surface area contributed by atoms with Crippen molar-refractivity contribution in [3.63, 3.8) is 0 Å². The maximum Gasteiger partial charge on any atom is 0.119 e. The smallest absolute Gasteiger partial charge is 0.119 e. The number of ether oxygens (including phenoxy) is 1. The average Bonchev–Trinajstić information content (AvgIpc) is 2.99. The van der Waals surface area contributed by atoms with Crippen LogP contribution in [-0.2, 0) is 0 Å². The topological polar surface area (TPSA) is 33.0 Å². The van der Waals surface area contributed by atoms with E-state index in [0.717, 1.165) is 22.6 Å². The summed E-state index contributed by atoms with van der Waals surface area (Å²) in [7, 11) is 0. The lowest BCUT2D eigenvalue weighted by Crippen LogP contribution is -1.92. The Morgan fingerprint density at radius 2 is 1.81 bits per heavy atom. The van der Waals surface area contributed by atoms with Gasteiger partial charge in [-0.25, -0.2) is 0 Å². The van der Waals surface area contributed by atoms with Crippen molar-refractivity contribution in [1.29, 1.82) is 5.26 Å². The van der Waals surface area contributed by atoms with Crippen LogP contribution in [-0.4, -0.2) is 6.61 Å². The van der Waals surface area contributed by atoms with Crippen LogP contribution in [0.25, 0.3) is 0 Å². The molecule has 0 spiro atoms. The molecule has 0 saturated heterocycles. The van der Waals surface area contributed by atoms with Crippen molar-refractivity contribution < 1.29 is 4.74 Å². The Balaban J connectivity index is 1.96. The fourth-order valence-corrected chi connectivity index (χ4v) is 2.27. The molecule has 2 rings (SSSR count). The Bertz CT molecular complexity index is 708. The highest BCUT2D eigenvalue weighted by Gasteiger charge is 1.95. The second-order valence-electron chi connectivity index (χ2n) is 4.24. The van der Waals surface area contributed by atoms with E-state index in [1.165, 1.54) is 11.3 Å². The number of benzene rings is 1. The summed E-state index contributed by atoms with van der Waals surface area (Å²) < 4.78 is 5.57. The number of rotatable bonds is 4. The van der Waals surface area contributed by atoms with E-state index in [-0.39, 0.29) is 0 Å². The van der Waals surface area contributed by atoms with Crippen LogP contribution in [0.4, 0.5) is 0 Å². The van der Waals surface area contributed by atoms with Gasteiger partial charge in [0.15, 0.2) is 0 Å². The molecule has 2 aromatic rings. The van der Waals surface area contributed by atoms with Crippen LogP contribution in [0, 0.1) is 23.2 Å². The molecule has 104 valence electrons. The zero-order valence-corrected chi connectivity index (χ0v) is 12.6. The number of nitrogens with zero attached hydrogens (tertiary/aromatic N) is 1. The third-order valence-corrected chi connectivity index (χ3v) is 3.55. The monoisotopic (exact) mass is 293 g/mol. The van der Waals surface area contributed by atoms with E-state index < -0.39 is 0 Å². The van der Waals surface area contributed by atoms with E-state index in [1.807, 2.05) is 36.4 Å². The van der Waals surface area contributed by atoms with Crippen LogP contribution < -0.4 is 4.74 Å². The van der Waals surface area contributed by atoms with Gasteiger partial charge in [0.25, 0.3) is 0 Å². The highest BCUT2D eigenvalue weighted by molar-refractivity contribution is 7.13. The summed E-state index contributed by atoms with van der Waals surface area (Å²) in [6.45, 7) is 2.68. The number of nitriles is 1. The van der Waals surface area contributed by atoms with E-state index in [1.54, 1.807) is 6.07 Å². The van der Waals surface area contributed by atoms with Crippen LogP contribution in [0.15, 0.2) is 48.6 Å². The van der Waals surface area contributed by atoms with E-state index >= 15 is 0 Å². The molecule has 0 radical (unpaired) electrons. The Labute approximate surface area is 129 Å². The molecule has 0 amide bonds. The van der Waals surface area contributed by atoms with Gasteiger partial charge in [0.1, 0.15) is 23.3 Å². The third-order valence-electron chi connectivity index (χ3n) is 2.65. The fourth-order valence-electron chi connectivity index (χ4n) is 1.61. The molecule has 21 heavy (non-hydrogen) atoms. The molecule has 0 unspecified atom stereocenters. The minimum Gasteiger partial charge on any atom is -0.490 e. The molecule has 2 nitrogen and oxygen atoms in total. The summed E-state index contributed by atoms with van der Waals surface area (Å²) in [6.07, 6.45) is 5.11. The maximum absolute atomic E-state index is 8.76. The van der Waals surface area contributed by atoms with Gasteiger partial charge in [-0.1, -0.05) is 30.9 Å². The lowest BCUT2D eigenvalue weighted by molar-refractivity contribution is 0.362. The van der Waals surface area contributed by atoms with Crippen LogP contribution >= 0.6 is 11.3 Å². The number of thiophene rings is 1. The SMILES string of the molecule is CC/C=C/COc1ccc(C#Cc2ccc(C#N)s2)cc1.